The Morgan fingerprint density at radius 2 is 1.74 bits per heavy atom. The molecular formula is C24H25ClFN5O4. The minimum Gasteiger partial charge on any atom is -0.493 e. The van der Waals surface area contributed by atoms with Crippen LogP contribution in [0.15, 0.2) is 72.3 Å². The number of rotatable bonds is 10. The van der Waals surface area contributed by atoms with Gasteiger partial charge in [0.25, 0.3) is 11.8 Å². The number of nitrogens with one attached hydrogen (secondary N) is 4. The van der Waals surface area contributed by atoms with Crippen LogP contribution < -0.4 is 31.4 Å². The predicted octanol–water partition coefficient (Wildman–Crippen LogP) is 3.29. The van der Waals surface area contributed by atoms with Gasteiger partial charge in [-0.2, -0.15) is 0 Å². The Hall–Kier alpha value is -4.31. The first-order valence-electron chi connectivity index (χ1n) is 10.0. The molecule has 2 rings (SSSR count). The number of carbonyl (C=O) groups excluding carboxylic acids is 2. The molecule has 0 aliphatic rings. The van der Waals surface area contributed by atoms with E-state index in [4.69, 9.17) is 32.2 Å². The summed E-state index contributed by atoms with van der Waals surface area (Å²) >= 11 is 5.82. The normalized spacial score (nSPS) is 11.6. The van der Waals surface area contributed by atoms with Gasteiger partial charge in [-0.25, -0.2) is 4.39 Å². The lowest BCUT2D eigenvalue weighted by Crippen LogP contribution is -2.46. The third-order valence-corrected chi connectivity index (χ3v) is 4.91. The molecule has 35 heavy (non-hydrogen) atoms. The number of amidine groups is 1. The minimum absolute atomic E-state index is 0.0244. The zero-order chi connectivity index (χ0) is 26.1. The van der Waals surface area contributed by atoms with Gasteiger partial charge in [-0.1, -0.05) is 30.8 Å². The Bertz CT molecular complexity index is 1180. The highest BCUT2D eigenvalue weighted by molar-refractivity contribution is 6.35. The third kappa shape index (κ3) is 6.84. The van der Waals surface area contributed by atoms with Crippen molar-refractivity contribution < 1.29 is 23.5 Å². The first kappa shape index (κ1) is 26.9. The summed E-state index contributed by atoms with van der Waals surface area (Å²) in [5.41, 5.74) is 10.7. The van der Waals surface area contributed by atoms with Crippen molar-refractivity contribution in [2.24, 2.45) is 5.73 Å². The van der Waals surface area contributed by atoms with E-state index in [2.05, 4.69) is 29.3 Å². The fourth-order valence-corrected chi connectivity index (χ4v) is 3.10. The SMILES string of the molecule is C=C/C=C(\C(=C)Cl)C(=O)NNC(=O)C(Nc1ccc(C(=N)N)cc1)c1cc(OC)c(OC)cc1F. The highest BCUT2D eigenvalue weighted by Crippen LogP contribution is 2.33. The van der Waals surface area contributed by atoms with E-state index in [1.165, 1.54) is 32.4 Å². The molecular weight excluding hydrogens is 477 g/mol. The Morgan fingerprint density at radius 1 is 1.14 bits per heavy atom. The summed E-state index contributed by atoms with van der Waals surface area (Å²) in [5, 5.41) is 10.3. The molecule has 184 valence electrons. The van der Waals surface area contributed by atoms with Crippen LogP contribution in [0.4, 0.5) is 10.1 Å². The standard InChI is InChI=1S/C24H25ClFN5O4/c1-5-6-16(13(2)25)23(32)30-31-24(33)21(29-15-9-7-14(8-10-15)22(27)28)17-11-19(34-3)20(35-4)12-18(17)26/h5-12,21,29H,1-2H2,3-4H3,(H3,27,28)(H,30,32)(H,31,33)/b16-6+. The number of amides is 2. The lowest BCUT2D eigenvalue weighted by Gasteiger charge is -2.22. The number of hydrazine groups is 1. The van der Waals surface area contributed by atoms with Crippen LogP contribution in [-0.4, -0.2) is 31.9 Å². The maximum Gasteiger partial charge on any atom is 0.271 e. The summed E-state index contributed by atoms with van der Waals surface area (Å²) in [4.78, 5) is 25.5. The number of benzene rings is 2. The van der Waals surface area contributed by atoms with Crippen LogP contribution in [0.3, 0.4) is 0 Å². The Kier molecular flexibility index (Phi) is 9.42. The number of carbonyl (C=O) groups is 2. The van der Waals surface area contributed by atoms with Gasteiger partial charge in [0.15, 0.2) is 11.5 Å². The van der Waals surface area contributed by atoms with Gasteiger partial charge in [0.1, 0.15) is 17.7 Å². The van der Waals surface area contributed by atoms with E-state index in [-0.39, 0.29) is 33.5 Å². The van der Waals surface area contributed by atoms with Crippen LogP contribution in [0.1, 0.15) is 17.2 Å². The lowest BCUT2D eigenvalue weighted by atomic mass is 10.0. The molecule has 9 nitrogen and oxygen atoms in total. The summed E-state index contributed by atoms with van der Waals surface area (Å²) in [5.74, 6) is -2.14. The van der Waals surface area contributed by atoms with Gasteiger partial charge in [-0.3, -0.25) is 25.8 Å². The molecule has 0 spiro atoms. The molecule has 0 saturated heterocycles. The van der Waals surface area contributed by atoms with Gasteiger partial charge >= 0.3 is 0 Å². The average Bonchev–Trinajstić information content (AvgIpc) is 2.84. The average molecular weight is 502 g/mol. The number of halogens is 2. The summed E-state index contributed by atoms with van der Waals surface area (Å²) in [6.07, 6.45) is 2.65. The fraction of sp³-hybridized carbons (Fsp3) is 0.125. The predicted molar refractivity (Wildman–Crippen MR) is 133 cm³/mol. The molecule has 0 aromatic heterocycles. The monoisotopic (exact) mass is 501 g/mol. The first-order chi connectivity index (χ1) is 16.6. The van der Waals surface area contributed by atoms with Crippen molar-refractivity contribution in [1.29, 1.82) is 5.41 Å². The molecule has 2 amide bonds. The van der Waals surface area contributed by atoms with Gasteiger partial charge in [-0.05, 0) is 36.4 Å². The maximum absolute atomic E-state index is 15.0. The zero-order valence-electron chi connectivity index (χ0n) is 19.1. The van der Waals surface area contributed by atoms with Crippen molar-refractivity contribution in [3.05, 3.63) is 89.3 Å². The van der Waals surface area contributed by atoms with Crippen LogP contribution >= 0.6 is 11.6 Å². The molecule has 0 bridgehead atoms. The van der Waals surface area contributed by atoms with Crippen molar-refractivity contribution in [1.82, 2.24) is 10.9 Å². The minimum atomic E-state index is -1.33. The van der Waals surface area contributed by atoms with Crippen molar-refractivity contribution >= 4 is 34.9 Å². The molecule has 1 unspecified atom stereocenters. The first-order valence-corrected chi connectivity index (χ1v) is 10.4. The molecule has 0 aliphatic heterocycles. The molecule has 11 heteroatoms. The van der Waals surface area contributed by atoms with Crippen LogP contribution in [0, 0.1) is 11.2 Å². The molecule has 0 fully saturated rings. The van der Waals surface area contributed by atoms with Gasteiger partial charge in [-0.15, -0.1) is 0 Å². The molecule has 2 aromatic carbocycles. The number of methoxy groups -OCH3 is 2. The van der Waals surface area contributed by atoms with Crippen molar-refractivity contribution in [3.8, 4) is 11.5 Å². The smallest absolute Gasteiger partial charge is 0.271 e. The van der Waals surface area contributed by atoms with E-state index in [1.807, 2.05) is 0 Å². The van der Waals surface area contributed by atoms with Crippen molar-refractivity contribution in [2.75, 3.05) is 19.5 Å². The molecule has 0 aliphatic carbocycles. The quantitative estimate of drug-likeness (QED) is 0.111. The van der Waals surface area contributed by atoms with E-state index in [0.717, 1.165) is 6.07 Å². The van der Waals surface area contributed by atoms with Crippen molar-refractivity contribution in [2.45, 2.75) is 6.04 Å². The molecule has 0 radical (unpaired) electrons. The largest absolute Gasteiger partial charge is 0.493 e. The fourth-order valence-electron chi connectivity index (χ4n) is 2.95. The maximum atomic E-state index is 15.0. The topological polar surface area (TPSA) is 139 Å². The molecule has 6 N–H and O–H groups in total. The lowest BCUT2D eigenvalue weighted by molar-refractivity contribution is -0.127. The Labute approximate surface area is 206 Å². The molecule has 0 saturated carbocycles. The number of nitrogens with two attached hydrogens (primary N) is 1. The summed E-state index contributed by atoms with van der Waals surface area (Å²) in [6.45, 7) is 6.99. The number of nitrogen functional groups attached to an aromatic ring is 1. The van der Waals surface area contributed by atoms with E-state index in [0.29, 0.717) is 11.3 Å². The third-order valence-electron chi connectivity index (χ3n) is 4.70. The van der Waals surface area contributed by atoms with Gasteiger partial charge < -0.3 is 20.5 Å². The van der Waals surface area contributed by atoms with Gasteiger partial charge in [0.2, 0.25) is 0 Å². The zero-order valence-corrected chi connectivity index (χ0v) is 19.8. The van der Waals surface area contributed by atoms with E-state index >= 15 is 4.39 Å². The second-order valence-corrected chi connectivity index (χ2v) is 7.42. The number of allylic oxidation sites excluding steroid dienone is 2. The highest BCUT2D eigenvalue weighted by atomic mass is 35.5. The summed E-state index contributed by atoms with van der Waals surface area (Å²) in [6, 6.07) is 7.31. The second-order valence-electron chi connectivity index (χ2n) is 6.96. The highest BCUT2D eigenvalue weighted by Gasteiger charge is 2.27. The van der Waals surface area contributed by atoms with E-state index in [9.17, 15) is 9.59 Å². The molecule has 0 heterocycles. The Balaban J connectivity index is 2.41. The number of ether oxygens (including phenoxy) is 2. The number of hydrogen-bond donors (Lipinski definition) is 5. The van der Waals surface area contributed by atoms with Crippen LogP contribution in [0.5, 0.6) is 11.5 Å². The summed E-state index contributed by atoms with van der Waals surface area (Å²) < 4.78 is 25.4. The van der Waals surface area contributed by atoms with Crippen LogP contribution in [0.25, 0.3) is 0 Å². The molecule has 1 atom stereocenters. The summed E-state index contributed by atoms with van der Waals surface area (Å²) in [7, 11) is 2.72. The van der Waals surface area contributed by atoms with Crippen LogP contribution in [0.2, 0.25) is 0 Å². The van der Waals surface area contributed by atoms with E-state index < -0.39 is 23.7 Å². The van der Waals surface area contributed by atoms with Gasteiger partial charge in [0, 0.05) is 27.9 Å². The number of anilines is 1. The second kappa shape index (κ2) is 12.2. The molecule has 2 aromatic rings. The number of hydrogen-bond acceptors (Lipinski definition) is 6. The van der Waals surface area contributed by atoms with Crippen molar-refractivity contribution in [3.63, 3.8) is 0 Å². The van der Waals surface area contributed by atoms with E-state index in [1.54, 1.807) is 24.3 Å². The van der Waals surface area contributed by atoms with Crippen LogP contribution in [-0.2, 0) is 9.59 Å². The Morgan fingerprint density at radius 3 is 2.26 bits per heavy atom. The van der Waals surface area contributed by atoms with Gasteiger partial charge in [0.05, 0.1) is 19.8 Å².